The number of fused-ring (bicyclic) bond motifs is 1. The average Bonchev–Trinajstić information content (AvgIpc) is 3.08. The minimum absolute atomic E-state index is 0.0147. The normalized spacial score (nSPS) is 19.6. The van der Waals surface area contributed by atoms with Crippen molar-refractivity contribution in [1.29, 1.82) is 0 Å². The van der Waals surface area contributed by atoms with Crippen LogP contribution in [0.1, 0.15) is 25.0 Å². The number of morpholine rings is 1. The first-order valence-electron chi connectivity index (χ1n) is 10.5. The van der Waals surface area contributed by atoms with Crippen LogP contribution in [0.4, 0.5) is 0 Å². The summed E-state index contributed by atoms with van der Waals surface area (Å²) in [4.78, 5) is 15.1. The molecule has 164 valence electrons. The number of sulfone groups is 1. The summed E-state index contributed by atoms with van der Waals surface area (Å²) in [6, 6.07) is 14.9. The Morgan fingerprint density at radius 2 is 1.68 bits per heavy atom. The van der Waals surface area contributed by atoms with Gasteiger partial charge in [0, 0.05) is 30.2 Å². The van der Waals surface area contributed by atoms with E-state index in [0.29, 0.717) is 18.5 Å². The molecule has 2 aromatic carbocycles. The molecular formula is C24H28N2O4S. The Morgan fingerprint density at radius 3 is 2.39 bits per heavy atom. The summed E-state index contributed by atoms with van der Waals surface area (Å²) in [6.45, 7) is 7.01. The Kier molecular flexibility index (Phi) is 5.90. The molecule has 2 heterocycles. The molecule has 0 bridgehead atoms. The van der Waals surface area contributed by atoms with Gasteiger partial charge < -0.3 is 14.2 Å². The van der Waals surface area contributed by atoms with Crippen molar-refractivity contribution in [3.8, 4) is 0 Å². The fraction of sp³-hybridized carbons (Fsp3) is 0.375. The van der Waals surface area contributed by atoms with Crippen molar-refractivity contribution in [3.63, 3.8) is 0 Å². The lowest BCUT2D eigenvalue weighted by atomic mass is 10.1. The monoisotopic (exact) mass is 440 g/mol. The van der Waals surface area contributed by atoms with Gasteiger partial charge in [0.1, 0.15) is 6.54 Å². The molecule has 0 N–H and O–H groups in total. The Bertz CT molecular complexity index is 1210. The molecule has 4 rings (SSSR count). The first-order valence-corrected chi connectivity index (χ1v) is 12.2. The molecule has 7 heteroatoms. The first-order chi connectivity index (χ1) is 14.7. The van der Waals surface area contributed by atoms with Gasteiger partial charge in [0.25, 0.3) is 0 Å². The molecule has 0 saturated carbocycles. The van der Waals surface area contributed by atoms with Gasteiger partial charge in [0.15, 0.2) is 9.84 Å². The summed E-state index contributed by atoms with van der Waals surface area (Å²) in [5, 5.41) is 0.646. The number of hydrogen-bond acceptors (Lipinski definition) is 4. The summed E-state index contributed by atoms with van der Waals surface area (Å²) in [5.74, 6) is -0.106. The SMILES string of the molecule is Cc1ccccc1CS(=O)(=O)c1cn(CC(=O)N2CC(C)OC(C)C2)c2ccccc12. The molecule has 31 heavy (non-hydrogen) atoms. The quantitative estimate of drug-likeness (QED) is 0.608. The van der Waals surface area contributed by atoms with Crippen LogP contribution in [-0.4, -0.2) is 49.1 Å². The van der Waals surface area contributed by atoms with Crippen LogP contribution < -0.4 is 0 Å². The number of aryl methyl sites for hydroxylation is 1. The highest BCUT2D eigenvalue weighted by Crippen LogP contribution is 2.29. The molecule has 0 aliphatic carbocycles. The summed E-state index contributed by atoms with van der Waals surface area (Å²) in [7, 11) is -3.59. The third-order valence-electron chi connectivity index (χ3n) is 5.77. The molecule has 0 radical (unpaired) electrons. The summed E-state index contributed by atoms with van der Waals surface area (Å²) in [5.41, 5.74) is 2.47. The number of amides is 1. The molecule has 1 aromatic heterocycles. The number of ether oxygens (including phenoxy) is 1. The maximum Gasteiger partial charge on any atom is 0.242 e. The van der Waals surface area contributed by atoms with Crippen molar-refractivity contribution < 1.29 is 17.9 Å². The predicted molar refractivity (Wildman–Crippen MR) is 121 cm³/mol. The maximum absolute atomic E-state index is 13.3. The largest absolute Gasteiger partial charge is 0.372 e. The lowest BCUT2D eigenvalue weighted by Crippen LogP contribution is -2.49. The number of carbonyl (C=O) groups is 1. The third kappa shape index (κ3) is 4.52. The molecule has 6 nitrogen and oxygen atoms in total. The van der Waals surface area contributed by atoms with Crippen LogP contribution in [0.5, 0.6) is 0 Å². The van der Waals surface area contributed by atoms with Gasteiger partial charge in [0.05, 0.1) is 22.9 Å². The molecule has 2 unspecified atom stereocenters. The van der Waals surface area contributed by atoms with Crippen LogP contribution in [0.2, 0.25) is 0 Å². The first kappa shape index (κ1) is 21.6. The standard InChI is InChI=1S/C24H28N2O4S/c1-17-8-4-5-9-20(17)16-31(28,29)23-14-25(22-11-7-6-10-21(22)23)15-24(27)26-12-18(2)30-19(3)13-26/h4-11,14,18-19H,12-13,15-16H2,1-3H3. The Balaban J connectivity index is 1.66. The van der Waals surface area contributed by atoms with E-state index in [1.807, 2.05) is 63.2 Å². The molecule has 1 aliphatic heterocycles. The number of hydrogen-bond donors (Lipinski definition) is 0. The zero-order valence-corrected chi connectivity index (χ0v) is 18.9. The molecule has 0 spiro atoms. The van der Waals surface area contributed by atoms with Gasteiger partial charge in [-0.1, -0.05) is 42.5 Å². The zero-order valence-electron chi connectivity index (χ0n) is 18.1. The second kappa shape index (κ2) is 8.48. The van der Waals surface area contributed by atoms with Crippen molar-refractivity contribution in [2.45, 2.75) is 50.2 Å². The van der Waals surface area contributed by atoms with E-state index in [1.54, 1.807) is 21.7 Å². The number of para-hydroxylation sites is 1. The second-order valence-corrected chi connectivity index (χ2v) is 10.3. The lowest BCUT2D eigenvalue weighted by molar-refractivity contribution is -0.143. The highest BCUT2D eigenvalue weighted by Gasteiger charge is 2.27. The van der Waals surface area contributed by atoms with E-state index >= 15 is 0 Å². The molecule has 1 saturated heterocycles. The number of aromatic nitrogens is 1. The minimum Gasteiger partial charge on any atom is -0.372 e. The molecule has 1 amide bonds. The Hall–Kier alpha value is -2.64. The maximum atomic E-state index is 13.3. The smallest absolute Gasteiger partial charge is 0.242 e. The summed E-state index contributed by atoms with van der Waals surface area (Å²) < 4.78 is 34.1. The van der Waals surface area contributed by atoms with Crippen molar-refractivity contribution in [3.05, 3.63) is 65.9 Å². The minimum atomic E-state index is -3.59. The van der Waals surface area contributed by atoms with Crippen LogP contribution in [0.25, 0.3) is 10.9 Å². The van der Waals surface area contributed by atoms with Gasteiger partial charge in [-0.15, -0.1) is 0 Å². The molecule has 1 fully saturated rings. The van der Waals surface area contributed by atoms with E-state index in [4.69, 9.17) is 4.74 Å². The zero-order chi connectivity index (χ0) is 22.2. The summed E-state index contributed by atoms with van der Waals surface area (Å²) in [6.07, 6.45) is 1.59. The van der Waals surface area contributed by atoms with Gasteiger partial charge in [-0.05, 0) is 38.0 Å². The van der Waals surface area contributed by atoms with Crippen molar-refractivity contribution in [2.24, 2.45) is 0 Å². The van der Waals surface area contributed by atoms with Gasteiger partial charge in [-0.25, -0.2) is 8.42 Å². The highest BCUT2D eigenvalue weighted by molar-refractivity contribution is 7.90. The van der Waals surface area contributed by atoms with Crippen molar-refractivity contribution >= 4 is 26.6 Å². The summed E-state index contributed by atoms with van der Waals surface area (Å²) >= 11 is 0. The number of nitrogens with zero attached hydrogens (tertiary/aromatic N) is 2. The van der Waals surface area contributed by atoms with Crippen LogP contribution in [-0.2, 0) is 31.7 Å². The van der Waals surface area contributed by atoms with E-state index in [0.717, 1.165) is 16.6 Å². The van der Waals surface area contributed by atoms with E-state index in [-0.39, 0.29) is 35.3 Å². The van der Waals surface area contributed by atoms with E-state index in [1.165, 1.54) is 0 Å². The average molecular weight is 441 g/mol. The van der Waals surface area contributed by atoms with Gasteiger partial charge in [0.2, 0.25) is 5.91 Å². The van der Waals surface area contributed by atoms with Gasteiger partial charge in [-0.3, -0.25) is 4.79 Å². The fourth-order valence-corrected chi connectivity index (χ4v) is 5.96. The number of carbonyl (C=O) groups excluding carboxylic acids is 1. The molecular weight excluding hydrogens is 412 g/mol. The van der Waals surface area contributed by atoms with Crippen LogP contribution >= 0.6 is 0 Å². The highest BCUT2D eigenvalue weighted by atomic mass is 32.2. The lowest BCUT2D eigenvalue weighted by Gasteiger charge is -2.35. The number of rotatable bonds is 5. The second-order valence-electron chi connectivity index (χ2n) is 8.38. The van der Waals surface area contributed by atoms with Crippen LogP contribution in [0.15, 0.2) is 59.6 Å². The van der Waals surface area contributed by atoms with Crippen LogP contribution in [0, 0.1) is 6.92 Å². The Morgan fingerprint density at radius 1 is 1.03 bits per heavy atom. The molecule has 3 aromatic rings. The topological polar surface area (TPSA) is 68.6 Å². The third-order valence-corrected chi connectivity index (χ3v) is 7.46. The molecule has 1 aliphatic rings. The number of benzene rings is 2. The van der Waals surface area contributed by atoms with Gasteiger partial charge in [-0.2, -0.15) is 0 Å². The predicted octanol–water partition coefficient (Wildman–Crippen LogP) is 3.56. The van der Waals surface area contributed by atoms with Gasteiger partial charge >= 0.3 is 0 Å². The van der Waals surface area contributed by atoms with Crippen molar-refractivity contribution in [2.75, 3.05) is 13.1 Å². The van der Waals surface area contributed by atoms with Crippen LogP contribution in [0.3, 0.4) is 0 Å². The fourth-order valence-electron chi connectivity index (χ4n) is 4.27. The van der Waals surface area contributed by atoms with Crippen molar-refractivity contribution in [1.82, 2.24) is 9.47 Å². The Labute approximate surface area is 183 Å². The van der Waals surface area contributed by atoms with E-state index in [9.17, 15) is 13.2 Å². The van der Waals surface area contributed by atoms with E-state index in [2.05, 4.69) is 0 Å². The molecule has 2 atom stereocenters. The van der Waals surface area contributed by atoms with E-state index < -0.39 is 9.84 Å².